The van der Waals surface area contributed by atoms with Crippen molar-refractivity contribution in [2.45, 2.75) is 40.2 Å². The van der Waals surface area contributed by atoms with Crippen LogP contribution in [0.15, 0.2) is 29.3 Å². The molecule has 0 heterocycles. The number of aryl methyl sites for hydroxylation is 1. The van der Waals surface area contributed by atoms with E-state index < -0.39 is 0 Å². The molecule has 120 valence electrons. The number of halogens is 1. The van der Waals surface area contributed by atoms with Gasteiger partial charge in [0.2, 0.25) is 0 Å². The van der Waals surface area contributed by atoms with Crippen LogP contribution in [-0.4, -0.2) is 31.7 Å². The van der Waals surface area contributed by atoms with Gasteiger partial charge in [-0.15, -0.1) is 24.0 Å². The molecule has 0 aliphatic rings. The van der Waals surface area contributed by atoms with Crippen molar-refractivity contribution >= 4 is 29.9 Å². The molecule has 0 bridgehead atoms. The van der Waals surface area contributed by atoms with Crippen LogP contribution in [0.2, 0.25) is 0 Å². The number of nitrogens with zero attached hydrogens (tertiary/aromatic N) is 1. The summed E-state index contributed by atoms with van der Waals surface area (Å²) in [4.78, 5) is 4.50. The lowest BCUT2D eigenvalue weighted by Gasteiger charge is -2.16. The van der Waals surface area contributed by atoms with Crippen LogP contribution >= 0.6 is 24.0 Å². The van der Waals surface area contributed by atoms with Crippen molar-refractivity contribution in [3.05, 3.63) is 29.8 Å². The van der Waals surface area contributed by atoms with Crippen LogP contribution in [0.5, 0.6) is 5.75 Å². The Morgan fingerprint density at radius 2 is 1.90 bits per heavy atom. The first-order chi connectivity index (χ1) is 9.65. The van der Waals surface area contributed by atoms with Gasteiger partial charge in [-0.1, -0.05) is 24.6 Å². The third-order valence-electron chi connectivity index (χ3n) is 2.99. The molecule has 0 aliphatic carbocycles. The molecule has 1 aromatic rings. The molecule has 5 heteroatoms. The number of guanidine groups is 1. The van der Waals surface area contributed by atoms with Crippen molar-refractivity contribution in [2.75, 3.05) is 19.7 Å². The summed E-state index contributed by atoms with van der Waals surface area (Å²) in [5.41, 5.74) is 1.24. The molecule has 0 aliphatic heterocycles. The van der Waals surface area contributed by atoms with Crippen molar-refractivity contribution in [3.8, 4) is 5.75 Å². The summed E-state index contributed by atoms with van der Waals surface area (Å²) >= 11 is 0. The molecule has 0 amide bonds. The van der Waals surface area contributed by atoms with Crippen LogP contribution in [0.4, 0.5) is 0 Å². The van der Waals surface area contributed by atoms with Crippen LogP contribution in [0.1, 0.15) is 32.8 Å². The average molecular weight is 405 g/mol. The van der Waals surface area contributed by atoms with Crippen molar-refractivity contribution in [1.82, 2.24) is 10.6 Å². The van der Waals surface area contributed by atoms with E-state index in [0.29, 0.717) is 19.2 Å². The van der Waals surface area contributed by atoms with E-state index in [0.717, 1.165) is 24.7 Å². The van der Waals surface area contributed by atoms with E-state index in [1.807, 2.05) is 24.3 Å². The van der Waals surface area contributed by atoms with E-state index >= 15 is 0 Å². The van der Waals surface area contributed by atoms with Crippen molar-refractivity contribution in [1.29, 1.82) is 0 Å². The molecule has 0 saturated heterocycles. The predicted molar refractivity (Wildman–Crippen MR) is 101 cm³/mol. The first kappa shape index (κ1) is 20.0. The standard InChI is InChI=1S/C16H27N3O.HI/c1-5-14(4)19-16(17-6-2)18-11-12-20-15-9-7-13(3)8-10-15;/h7-10,14H,5-6,11-12H2,1-4H3,(H2,17,18,19);1H. The summed E-state index contributed by atoms with van der Waals surface area (Å²) in [6.45, 7) is 10.5. The highest BCUT2D eigenvalue weighted by Gasteiger charge is 2.01. The molecule has 1 atom stereocenters. The number of rotatable bonds is 7. The third kappa shape index (κ3) is 8.80. The van der Waals surface area contributed by atoms with Gasteiger partial charge in [0, 0.05) is 12.6 Å². The van der Waals surface area contributed by atoms with Gasteiger partial charge in [0.1, 0.15) is 12.4 Å². The topological polar surface area (TPSA) is 45.7 Å². The van der Waals surface area contributed by atoms with Gasteiger partial charge in [-0.3, -0.25) is 0 Å². The van der Waals surface area contributed by atoms with E-state index in [4.69, 9.17) is 4.74 Å². The smallest absolute Gasteiger partial charge is 0.191 e. The van der Waals surface area contributed by atoms with Crippen LogP contribution in [-0.2, 0) is 0 Å². The molecule has 0 saturated carbocycles. The second-order valence-electron chi connectivity index (χ2n) is 4.88. The number of hydrogen-bond donors (Lipinski definition) is 2. The monoisotopic (exact) mass is 405 g/mol. The highest BCUT2D eigenvalue weighted by atomic mass is 127. The number of benzene rings is 1. The Labute approximate surface area is 145 Å². The van der Waals surface area contributed by atoms with Crippen LogP contribution in [0.3, 0.4) is 0 Å². The van der Waals surface area contributed by atoms with Gasteiger partial charge < -0.3 is 15.4 Å². The molecule has 0 aromatic heterocycles. The zero-order valence-electron chi connectivity index (χ0n) is 13.5. The van der Waals surface area contributed by atoms with Crippen LogP contribution in [0.25, 0.3) is 0 Å². The van der Waals surface area contributed by atoms with Gasteiger partial charge in [0.05, 0.1) is 6.54 Å². The van der Waals surface area contributed by atoms with E-state index in [1.54, 1.807) is 0 Å². The Hall–Kier alpha value is -0.980. The molecule has 0 radical (unpaired) electrons. The summed E-state index contributed by atoms with van der Waals surface area (Å²) in [6, 6.07) is 8.50. The second kappa shape index (κ2) is 11.7. The molecule has 1 rings (SSSR count). The number of ether oxygens (including phenoxy) is 1. The van der Waals surface area contributed by atoms with Gasteiger partial charge in [-0.2, -0.15) is 0 Å². The van der Waals surface area contributed by atoms with E-state index in [1.165, 1.54) is 5.56 Å². The minimum atomic E-state index is 0. The summed E-state index contributed by atoms with van der Waals surface area (Å²) in [7, 11) is 0. The lowest BCUT2D eigenvalue weighted by Crippen LogP contribution is -2.42. The molecule has 2 N–H and O–H groups in total. The van der Waals surface area contributed by atoms with Crippen LogP contribution in [0, 0.1) is 6.92 Å². The van der Waals surface area contributed by atoms with Crippen molar-refractivity contribution in [2.24, 2.45) is 4.99 Å². The van der Waals surface area contributed by atoms with Crippen LogP contribution < -0.4 is 15.4 Å². The first-order valence-electron chi connectivity index (χ1n) is 7.40. The average Bonchev–Trinajstić information content (AvgIpc) is 2.45. The minimum absolute atomic E-state index is 0. The molecule has 0 spiro atoms. The van der Waals surface area contributed by atoms with E-state index in [2.05, 4.69) is 43.3 Å². The van der Waals surface area contributed by atoms with E-state index in [9.17, 15) is 0 Å². The molecule has 0 fully saturated rings. The Morgan fingerprint density at radius 3 is 2.48 bits per heavy atom. The fourth-order valence-corrected chi connectivity index (χ4v) is 1.61. The van der Waals surface area contributed by atoms with E-state index in [-0.39, 0.29) is 24.0 Å². The summed E-state index contributed by atoms with van der Waals surface area (Å²) in [5, 5.41) is 6.59. The van der Waals surface area contributed by atoms with Gasteiger partial charge in [-0.05, 0) is 39.3 Å². The van der Waals surface area contributed by atoms with Gasteiger partial charge in [0.25, 0.3) is 0 Å². The minimum Gasteiger partial charge on any atom is -0.492 e. The number of hydrogen-bond acceptors (Lipinski definition) is 2. The zero-order chi connectivity index (χ0) is 14.8. The Kier molecular flexibility index (Phi) is 11.1. The summed E-state index contributed by atoms with van der Waals surface area (Å²) in [6.07, 6.45) is 1.07. The van der Waals surface area contributed by atoms with Gasteiger partial charge >= 0.3 is 0 Å². The maximum atomic E-state index is 5.66. The molecule has 1 aromatic carbocycles. The number of nitrogens with one attached hydrogen (secondary N) is 2. The quantitative estimate of drug-likeness (QED) is 0.317. The van der Waals surface area contributed by atoms with Gasteiger partial charge in [0.15, 0.2) is 5.96 Å². The molecule has 21 heavy (non-hydrogen) atoms. The van der Waals surface area contributed by atoms with Crippen molar-refractivity contribution in [3.63, 3.8) is 0 Å². The lowest BCUT2D eigenvalue weighted by molar-refractivity contribution is 0.328. The zero-order valence-corrected chi connectivity index (χ0v) is 15.8. The molecular weight excluding hydrogens is 377 g/mol. The fourth-order valence-electron chi connectivity index (χ4n) is 1.61. The molecule has 1 unspecified atom stereocenters. The molecular formula is C16H28IN3O. The van der Waals surface area contributed by atoms with Crippen molar-refractivity contribution < 1.29 is 4.74 Å². The largest absolute Gasteiger partial charge is 0.492 e. The highest BCUT2D eigenvalue weighted by molar-refractivity contribution is 14.0. The summed E-state index contributed by atoms with van der Waals surface area (Å²) in [5.74, 6) is 1.75. The van der Waals surface area contributed by atoms with Gasteiger partial charge in [-0.25, -0.2) is 4.99 Å². The maximum Gasteiger partial charge on any atom is 0.191 e. The fraction of sp³-hybridized carbons (Fsp3) is 0.562. The highest BCUT2D eigenvalue weighted by Crippen LogP contribution is 2.10. The summed E-state index contributed by atoms with van der Waals surface area (Å²) < 4.78 is 5.66. The maximum absolute atomic E-state index is 5.66. The third-order valence-corrected chi connectivity index (χ3v) is 2.99. The Balaban J connectivity index is 0.00000400. The predicted octanol–water partition coefficient (Wildman–Crippen LogP) is 3.35. The second-order valence-corrected chi connectivity index (χ2v) is 4.88. The lowest BCUT2D eigenvalue weighted by atomic mass is 10.2. The normalized spacial score (nSPS) is 12.3. The Morgan fingerprint density at radius 1 is 1.24 bits per heavy atom. The first-order valence-corrected chi connectivity index (χ1v) is 7.40. The number of aliphatic imine (C=N–C) groups is 1. The molecule has 4 nitrogen and oxygen atoms in total. The Bertz CT molecular complexity index is 406. The SMILES string of the molecule is CCNC(=NCCOc1ccc(C)cc1)NC(C)CC.I.